The van der Waals surface area contributed by atoms with Crippen molar-refractivity contribution in [3.8, 4) is 0 Å². The Labute approximate surface area is 327 Å². The van der Waals surface area contributed by atoms with Crippen LogP contribution in [0.2, 0.25) is 0 Å². The number of hydrogen-bond donors (Lipinski definition) is 8. The van der Waals surface area contributed by atoms with Gasteiger partial charge < -0.3 is 42.2 Å². The Hall–Kier alpha value is -6.65. The van der Waals surface area contributed by atoms with Gasteiger partial charge in [-0.2, -0.15) is 0 Å². The number of aromatic amines is 1. The van der Waals surface area contributed by atoms with Crippen LogP contribution in [0.4, 0.5) is 4.39 Å². The fraction of sp³-hybridized carbons (Fsp3) is 0.350. The molecule has 3 atom stereocenters. The number of fused-ring (bicyclic) bond motifs is 1. The molecule has 57 heavy (non-hydrogen) atoms. The second-order valence-corrected chi connectivity index (χ2v) is 13.6. The average molecular weight is 784 g/mol. The second kappa shape index (κ2) is 20.9. The number of aromatic nitrogens is 2. The van der Waals surface area contributed by atoms with Gasteiger partial charge in [0, 0.05) is 38.5 Å². The Bertz CT molecular complexity index is 2040. The molecule has 1 saturated heterocycles. The van der Waals surface area contributed by atoms with Crippen LogP contribution in [0.1, 0.15) is 42.5 Å². The molecule has 8 N–H and O–H groups in total. The van der Waals surface area contributed by atoms with E-state index in [1.807, 2.05) is 42.5 Å². The molecule has 0 bridgehead atoms. The van der Waals surface area contributed by atoms with Crippen LogP contribution >= 0.6 is 0 Å². The highest BCUT2D eigenvalue weighted by Gasteiger charge is 2.31. The first kappa shape index (κ1) is 41.5. The van der Waals surface area contributed by atoms with Crippen molar-refractivity contribution >= 4 is 52.1 Å². The highest BCUT2D eigenvalue weighted by atomic mass is 19.1. The Morgan fingerprint density at radius 1 is 0.702 bits per heavy atom. The maximum atomic E-state index is 14.0. The summed E-state index contributed by atoms with van der Waals surface area (Å²) in [5.74, 6) is -4.80. The SMILES string of the molecule is O=C1CC[C@H](NC(=O)Cc2ccc3ccccc3c2)C(=O)N[C@@H](Cc2c[nH]cn2)C(=O)N[C@H](Cc2ccc(F)cc2)C(=O)NCC(=O)NCC(=O)NCCCCN1. The van der Waals surface area contributed by atoms with E-state index in [2.05, 4.69) is 47.2 Å². The molecule has 4 aromatic rings. The molecule has 0 spiro atoms. The summed E-state index contributed by atoms with van der Waals surface area (Å²) < 4.78 is 13.7. The number of H-pyrrole nitrogens is 1. The van der Waals surface area contributed by atoms with Crippen LogP contribution in [0.15, 0.2) is 79.3 Å². The minimum atomic E-state index is -1.33. The van der Waals surface area contributed by atoms with Crippen molar-refractivity contribution in [2.45, 2.75) is 63.1 Å². The van der Waals surface area contributed by atoms with Crippen molar-refractivity contribution < 1.29 is 38.0 Å². The van der Waals surface area contributed by atoms with Crippen molar-refractivity contribution in [1.29, 1.82) is 0 Å². The predicted molar refractivity (Wildman–Crippen MR) is 206 cm³/mol. The molecule has 0 aliphatic carbocycles. The molecule has 0 radical (unpaired) electrons. The van der Waals surface area contributed by atoms with Gasteiger partial charge in [0.05, 0.1) is 31.5 Å². The lowest BCUT2D eigenvalue weighted by atomic mass is 10.0. The van der Waals surface area contributed by atoms with E-state index in [1.165, 1.54) is 36.8 Å². The minimum absolute atomic E-state index is 0.0628. The van der Waals surface area contributed by atoms with Crippen LogP contribution in [0.5, 0.6) is 0 Å². The standard InChI is InChI=1S/C40H46FN9O7/c41-29-11-8-25(9-12-29)18-32-38(55)46-23-37(54)45-22-36(53)44-16-4-3-15-43-34(51)14-13-31(39(56)50-33(40(57)49-32)20-30-21-42-24-47-30)48-35(52)19-26-7-10-27-5-1-2-6-28(27)17-26/h1-2,5-12,17,21,24,31-33H,3-4,13-16,18-20,22-23H2,(H,42,47)(H,43,51)(H,44,53)(H,45,54)(H,46,55)(H,48,52)(H,49,57)(H,50,56)/t31-,32+,33-/m0/s1. The van der Waals surface area contributed by atoms with E-state index in [0.29, 0.717) is 36.2 Å². The molecular weight excluding hydrogens is 737 g/mol. The first-order valence-corrected chi connectivity index (χ1v) is 18.7. The highest BCUT2D eigenvalue weighted by molar-refractivity contribution is 5.96. The maximum absolute atomic E-state index is 14.0. The van der Waals surface area contributed by atoms with E-state index in [4.69, 9.17) is 0 Å². The van der Waals surface area contributed by atoms with Gasteiger partial charge in [0.15, 0.2) is 0 Å². The van der Waals surface area contributed by atoms with Crippen molar-refractivity contribution in [3.05, 3.63) is 102 Å². The summed E-state index contributed by atoms with van der Waals surface area (Å²) in [6.45, 7) is -0.274. The third-order valence-corrected chi connectivity index (χ3v) is 9.19. The van der Waals surface area contributed by atoms with Crippen molar-refractivity contribution in [3.63, 3.8) is 0 Å². The molecule has 7 amide bonds. The first-order chi connectivity index (χ1) is 27.5. The molecule has 0 unspecified atom stereocenters. The number of carbonyl (C=O) groups is 7. The van der Waals surface area contributed by atoms with E-state index in [9.17, 15) is 38.0 Å². The van der Waals surface area contributed by atoms with Crippen molar-refractivity contribution in [2.24, 2.45) is 0 Å². The van der Waals surface area contributed by atoms with E-state index < -0.39 is 65.9 Å². The van der Waals surface area contributed by atoms with Crippen LogP contribution in [0, 0.1) is 5.82 Å². The van der Waals surface area contributed by atoms with E-state index in [0.717, 1.165) is 10.8 Å². The van der Waals surface area contributed by atoms with Crippen LogP contribution in [0.3, 0.4) is 0 Å². The van der Waals surface area contributed by atoms with Crippen LogP contribution < -0.4 is 37.2 Å². The summed E-state index contributed by atoms with van der Waals surface area (Å²) in [7, 11) is 0. The molecule has 0 saturated carbocycles. The van der Waals surface area contributed by atoms with Gasteiger partial charge in [-0.05, 0) is 53.3 Å². The van der Waals surface area contributed by atoms with Crippen molar-refractivity contribution in [1.82, 2.24) is 47.2 Å². The fourth-order valence-corrected chi connectivity index (χ4v) is 6.14. The first-order valence-electron chi connectivity index (χ1n) is 18.7. The Kier molecular flexibility index (Phi) is 15.2. The Balaban J connectivity index is 1.38. The molecule has 1 aliphatic heterocycles. The molecule has 1 aromatic heterocycles. The molecule has 16 nitrogen and oxygen atoms in total. The second-order valence-electron chi connectivity index (χ2n) is 13.6. The lowest BCUT2D eigenvalue weighted by Crippen LogP contribution is -2.58. The summed E-state index contributed by atoms with van der Waals surface area (Å²) >= 11 is 0. The molecule has 300 valence electrons. The zero-order chi connectivity index (χ0) is 40.6. The van der Waals surface area contributed by atoms with Gasteiger partial charge in [0.25, 0.3) is 0 Å². The highest BCUT2D eigenvalue weighted by Crippen LogP contribution is 2.16. The molecular formula is C40H46FN9O7. The van der Waals surface area contributed by atoms with Crippen LogP contribution in [0.25, 0.3) is 10.8 Å². The van der Waals surface area contributed by atoms with Gasteiger partial charge in [0.1, 0.15) is 23.9 Å². The number of nitrogens with one attached hydrogen (secondary N) is 8. The number of benzene rings is 3. The number of amides is 7. The topological polar surface area (TPSA) is 232 Å². The van der Waals surface area contributed by atoms with Crippen molar-refractivity contribution in [2.75, 3.05) is 26.2 Å². The number of halogens is 1. The Morgan fingerprint density at radius 3 is 2.09 bits per heavy atom. The predicted octanol–water partition coefficient (Wildman–Crippen LogP) is 0.223. The number of rotatable bonds is 7. The van der Waals surface area contributed by atoms with Crippen LogP contribution in [-0.4, -0.2) is 95.6 Å². The quantitative estimate of drug-likeness (QED) is 0.129. The molecule has 17 heteroatoms. The molecule has 1 aliphatic rings. The van der Waals surface area contributed by atoms with E-state index in [-0.39, 0.29) is 51.1 Å². The van der Waals surface area contributed by atoms with Gasteiger partial charge in [0.2, 0.25) is 41.4 Å². The third kappa shape index (κ3) is 13.6. The lowest BCUT2D eigenvalue weighted by Gasteiger charge is -2.25. The van der Waals surface area contributed by atoms with E-state index >= 15 is 0 Å². The fourth-order valence-electron chi connectivity index (χ4n) is 6.14. The van der Waals surface area contributed by atoms with Gasteiger partial charge in [-0.15, -0.1) is 0 Å². The number of carbonyl (C=O) groups excluding carboxylic acids is 7. The molecule has 1 fully saturated rings. The van der Waals surface area contributed by atoms with Crippen LogP contribution in [-0.2, 0) is 52.8 Å². The monoisotopic (exact) mass is 783 g/mol. The Morgan fingerprint density at radius 2 is 1.35 bits per heavy atom. The van der Waals surface area contributed by atoms with Gasteiger partial charge >= 0.3 is 0 Å². The zero-order valence-electron chi connectivity index (χ0n) is 31.2. The summed E-state index contributed by atoms with van der Waals surface area (Å²) in [6.07, 6.45) is 3.42. The third-order valence-electron chi connectivity index (χ3n) is 9.19. The van der Waals surface area contributed by atoms with Gasteiger partial charge in [-0.25, -0.2) is 9.37 Å². The summed E-state index contributed by atoms with van der Waals surface area (Å²) in [5, 5.41) is 20.3. The van der Waals surface area contributed by atoms with E-state index in [1.54, 1.807) is 0 Å². The molecule has 3 aromatic carbocycles. The average Bonchev–Trinajstić information content (AvgIpc) is 3.72. The lowest BCUT2D eigenvalue weighted by molar-refractivity contribution is -0.134. The number of imidazole rings is 1. The normalized spacial score (nSPS) is 19.9. The summed E-state index contributed by atoms with van der Waals surface area (Å²) in [5.41, 5.74) is 1.58. The largest absolute Gasteiger partial charge is 0.356 e. The number of nitrogens with zero attached hydrogens (tertiary/aromatic N) is 1. The number of hydrogen-bond acceptors (Lipinski definition) is 8. The minimum Gasteiger partial charge on any atom is -0.356 e. The smallest absolute Gasteiger partial charge is 0.243 e. The zero-order valence-corrected chi connectivity index (χ0v) is 31.2. The maximum Gasteiger partial charge on any atom is 0.243 e. The molecule has 2 heterocycles. The molecule has 5 rings (SSSR count). The summed E-state index contributed by atoms with van der Waals surface area (Å²) in [4.78, 5) is 99.5. The van der Waals surface area contributed by atoms with Gasteiger partial charge in [-0.1, -0.05) is 54.6 Å². The van der Waals surface area contributed by atoms with Gasteiger partial charge in [-0.3, -0.25) is 33.6 Å². The summed E-state index contributed by atoms with van der Waals surface area (Å²) in [6, 6.07) is 14.6.